The van der Waals surface area contributed by atoms with Crippen molar-refractivity contribution in [1.29, 1.82) is 0 Å². The number of aryl methyl sites for hydroxylation is 1. The van der Waals surface area contributed by atoms with Crippen molar-refractivity contribution in [3.05, 3.63) is 59.7 Å². The van der Waals surface area contributed by atoms with E-state index >= 15 is 0 Å². The zero-order valence-electron chi connectivity index (χ0n) is 20.2. The molecule has 8 nitrogen and oxygen atoms in total. The molecule has 2 aromatic carbocycles. The number of rotatable bonds is 8. The van der Waals surface area contributed by atoms with E-state index in [9.17, 15) is 18.0 Å². The first-order valence-electron chi connectivity index (χ1n) is 11.5. The summed E-state index contributed by atoms with van der Waals surface area (Å²) < 4.78 is 32.7. The van der Waals surface area contributed by atoms with Gasteiger partial charge in [0.15, 0.2) is 0 Å². The molecule has 0 radical (unpaired) electrons. The molecule has 0 spiro atoms. The van der Waals surface area contributed by atoms with Crippen molar-refractivity contribution in [3.63, 3.8) is 0 Å². The molecule has 3 rings (SSSR count). The summed E-state index contributed by atoms with van der Waals surface area (Å²) in [5.74, 6) is -0.000168. The van der Waals surface area contributed by atoms with Crippen LogP contribution in [0.5, 0.6) is 5.75 Å². The molecule has 1 aliphatic heterocycles. The lowest BCUT2D eigenvalue weighted by molar-refractivity contribution is -0.135. The maximum atomic E-state index is 13.2. The van der Waals surface area contributed by atoms with Gasteiger partial charge in [-0.1, -0.05) is 31.5 Å². The lowest BCUT2D eigenvalue weighted by Gasteiger charge is -2.36. The Labute approximate surface area is 201 Å². The fraction of sp³-hybridized carbons (Fsp3) is 0.440. The highest BCUT2D eigenvalue weighted by Crippen LogP contribution is 2.19. The third kappa shape index (κ3) is 5.95. The van der Waals surface area contributed by atoms with Crippen LogP contribution in [0.1, 0.15) is 36.7 Å². The van der Waals surface area contributed by atoms with Gasteiger partial charge < -0.3 is 15.0 Å². The Bertz CT molecular complexity index is 1090. The summed E-state index contributed by atoms with van der Waals surface area (Å²) in [6.45, 7) is 9.03. The Morgan fingerprint density at radius 1 is 0.971 bits per heavy atom. The zero-order chi connectivity index (χ0) is 24.9. The van der Waals surface area contributed by atoms with Crippen LogP contribution in [0.25, 0.3) is 0 Å². The van der Waals surface area contributed by atoms with Crippen molar-refractivity contribution < 1.29 is 22.7 Å². The first kappa shape index (κ1) is 25.7. The van der Waals surface area contributed by atoms with Gasteiger partial charge in [-0.2, -0.15) is 4.31 Å². The van der Waals surface area contributed by atoms with Crippen molar-refractivity contribution >= 4 is 21.8 Å². The van der Waals surface area contributed by atoms with Gasteiger partial charge in [-0.25, -0.2) is 8.42 Å². The lowest BCUT2D eigenvalue weighted by Crippen LogP contribution is -2.57. The lowest BCUT2D eigenvalue weighted by atomic mass is 10.0. The summed E-state index contributed by atoms with van der Waals surface area (Å²) in [7, 11) is -3.61. The number of piperazine rings is 1. The molecule has 2 amide bonds. The highest BCUT2D eigenvalue weighted by Gasteiger charge is 2.34. The van der Waals surface area contributed by atoms with E-state index in [1.807, 2.05) is 27.7 Å². The van der Waals surface area contributed by atoms with Gasteiger partial charge in [0, 0.05) is 31.7 Å². The molecule has 1 aliphatic rings. The van der Waals surface area contributed by atoms with E-state index in [1.165, 1.54) is 4.31 Å². The second-order valence-corrected chi connectivity index (χ2v) is 10.6. The minimum Gasteiger partial charge on any atom is -0.494 e. The number of carbonyl (C=O) groups excluding carboxylic acids is 2. The van der Waals surface area contributed by atoms with E-state index in [1.54, 1.807) is 53.4 Å². The van der Waals surface area contributed by atoms with Gasteiger partial charge in [0.05, 0.1) is 11.5 Å². The quantitative estimate of drug-likeness (QED) is 0.618. The first-order chi connectivity index (χ1) is 16.1. The monoisotopic (exact) mass is 487 g/mol. The van der Waals surface area contributed by atoms with Gasteiger partial charge in [-0.15, -0.1) is 0 Å². The number of hydrogen-bond acceptors (Lipinski definition) is 5. The molecular formula is C25H33N3O5S. The number of carbonyl (C=O) groups is 2. The van der Waals surface area contributed by atoms with Crippen molar-refractivity contribution in [2.24, 2.45) is 5.92 Å². The van der Waals surface area contributed by atoms with E-state index < -0.39 is 16.1 Å². The molecule has 0 aromatic heterocycles. The molecule has 2 aromatic rings. The molecule has 1 atom stereocenters. The average Bonchev–Trinajstić information content (AvgIpc) is 2.83. The molecule has 0 unspecified atom stereocenters. The zero-order valence-corrected chi connectivity index (χ0v) is 21.0. The van der Waals surface area contributed by atoms with Gasteiger partial charge in [-0.05, 0) is 56.2 Å². The molecule has 184 valence electrons. The highest BCUT2D eigenvalue weighted by atomic mass is 32.2. The Morgan fingerprint density at radius 3 is 2.09 bits per heavy atom. The summed E-state index contributed by atoms with van der Waals surface area (Å²) in [5.41, 5.74) is 1.43. The Balaban J connectivity index is 1.63. The van der Waals surface area contributed by atoms with Crippen LogP contribution in [0, 0.1) is 12.8 Å². The molecule has 1 fully saturated rings. The van der Waals surface area contributed by atoms with E-state index in [2.05, 4.69) is 5.32 Å². The number of nitrogens with zero attached hydrogens (tertiary/aromatic N) is 2. The second kappa shape index (κ2) is 11.0. The van der Waals surface area contributed by atoms with Crippen LogP contribution >= 0.6 is 0 Å². The predicted octanol–water partition coefficient (Wildman–Crippen LogP) is 2.68. The van der Waals surface area contributed by atoms with Crippen LogP contribution in [-0.2, 0) is 14.8 Å². The van der Waals surface area contributed by atoms with E-state index in [0.29, 0.717) is 17.9 Å². The van der Waals surface area contributed by atoms with Crippen LogP contribution < -0.4 is 10.1 Å². The fourth-order valence-corrected chi connectivity index (χ4v) is 5.23. The Kier molecular flexibility index (Phi) is 8.33. The summed E-state index contributed by atoms with van der Waals surface area (Å²) >= 11 is 0. The molecule has 0 aliphatic carbocycles. The van der Waals surface area contributed by atoms with E-state index in [0.717, 1.165) is 5.56 Å². The molecular weight excluding hydrogens is 454 g/mol. The minimum absolute atomic E-state index is 0.131. The summed E-state index contributed by atoms with van der Waals surface area (Å²) in [6, 6.07) is 12.8. The molecule has 34 heavy (non-hydrogen) atoms. The highest BCUT2D eigenvalue weighted by molar-refractivity contribution is 7.89. The summed E-state index contributed by atoms with van der Waals surface area (Å²) in [5, 5.41) is 2.85. The second-order valence-electron chi connectivity index (χ2n) is 8.69. The number of benzene rings is 2. The van der Waals surface area contributed by atoms with Crippen LogP contribution in [0.2, 0.25) is 0 Å². The van der Waals surface area contributed by atoms with Crippen LogP contribution in [0.15, 0.2) is 53.4 Å². The van der Waals surface area contributed by atoms with Gasteiger partial charge in [-0.3, -0.25) is 9.59 Å². The van der Waals surface area contributed by atoms with Gasteiger partial charge >= 0.3 is 0 Å². The summed E-state index contributed by atoms with van der Waals surface area (Å²) in [4.78, 5) is 27.9. The summed E-state index contributed by atoms with van der Waals surface area (Å²) in [6.07, 6.45) is 0. The average molecular weight is 488 g/mol. The number of nitrogens with one attached hydrogen (secondary N) is 1. The maximum absolute atomic E-state index is 13.2. The van der Waals surface area contributed by atoms with Crippen molar-refractivity contribution in [2.45, 2.75) is 38.6 Å². The largest absolute Gasteiger partial charge is 0.494 e. The molecule has 1 N–H and O–H groups in total. The SMILES string of the molecule is CCOc1ccc(C(=O)N[C@H](C(=O)N2CCN(S(=O)(=O)c3ccc(C)cc3)CC2)C(C)C)cc1. The minimum atomic E-state index is -3.61. The van der Waals surface area contributed by atoms with Crippen LogP contribution in [0.4, 0.5) is 0 Å². The van der Waals surface area contributed by atoms with Crippen LogP contribution in [0.3, 0.4) is 0 Å². The third-order valence-corrected chi connectivity index (χ3v) is 7.77. The van der Waals surface area contributed by atoms with Crippen molar-refractivity contribution in [2.75, 3.05) is 32.8 Å². The van der Waals surface area contributed by atoms with Crippen molar-refractivity contribution in [1.82, 2.24) is 14.5 Å². The number of amides is 2. The Morgan fingerprint density at radius 2 is 1.56 bits per heavy atom. The third-order valence-electron chi connectivity index (χ3n) is 5.86. The molecule has 1 saturated heterocycles. The van der Waals surface area contributed by atoms with Gasteiger partial charge in [0.25, 0.3) is 5.91 Å². The van der Waals surface area contributed by atoms with E-state index in [4.69, 9.17) is 4.74 Å². The van der Waals surface area contributed by atoms with E-state index in [-0.39, 0.29) is 48.8 Å². The number of hydrogen-bond donors (Lipinski definition) is 1. The number of sulfonamides is 1. The smallest absolute Gasteiger partial charge is 0.251 e. The topological polar surface area (TPSA) is 96.0 Å². The van der Waals surface area contributed by atoms with Crippen molar-refractivity contribution in [3.8, 4) is 5.75 Å². The normalized spacial score (nSPS) is 15.7. The standard InChI is InChI=1S/C25H33N3O5S/c1-5-33-21-10-8-20(9-11-21)24(29)26-23(18(2)3)25(30)27-14-16-28(17-15-27)34(31,32)22-12-6-19(4)7-13-22/h6-13,18,23H,5,14-17H2,1-4H3,(H,26,29)/t23-/m0/s1. The van der Waals surface area contributed by atoms with Crippen LogP contribution in [-0.4, -0.2) is 68.3 Å². The molecule has 9 heteroatoms. The number of ether oxygens (including phenoxy) is 1. The van der Waals surface area contributed by atoms with Gasteiger partial charge in [0.1, 0.15) is 11.8 Å². The maximum Gasteiger partial charge on any atom is 0.251 e. The predicted molar refractivity (Wildman–Crippen MR) is 130 cm³/mol. The first-order valence-corrected chi connectivity index (χ1v) is 13.0. The van der Waals surface area contributed by atoms with Gasteiger partial charge in [0.2, 0.25) is 15.9 Å². The fourth-order valence-electron chi connectivity index (χ4n) is 3.81. The molecule has 0 saturated carbocycles. The molecule has 1 heterocycles. The Hall–Kier alpha value is -2.91. The molecule has 0 bridgehead atoms.